The molecular weight excluding hydrogens is 258 g/mol. The van der Waals surface area contributed by atoms with Gasteiger partial charge in [-0.2, -0.15) is 5.10 Å². The predicted molar refractivity (Wildman–Crippen MR) is 74.4 cm³/mol. The molecule has 1 saturated heterocycles. The molecule has 3 rings (SSSR count). The molecule has 2 N–H and O–H groups in total. The maximum atomic E-state index is 12.3. The molecule has 0 saturated carbocycles. The van der Waals surface area contributed by atoms with Gasteiger partial charge in [0.15, 0.2) is 0 Å². The first-order valence-corrected chi connectivity index (χ1v) is 7.07. The lowest BCUT2D eigenvalue weighted by Gasteiger charge is -2.23. The molecule has 20 heavy (non-hydrogen) atoms. The van der Waals surface area contributed by atoms with Gasteiger partial charge in [-0.05, 0) is 19.8 Å². The fourth-order valence-electron chi connectivity index (χ4n) is 2.73. The molecule has 1 aromatic rings. The van der Waals surface area contributed by atoms with E-state index in [0.29, 0.717) is 18.7 Å². The average molecular weight is 277 g/mol. The average Bonchev–Trinajstić information content (AvgIpc) is 3.05. The quantitative estimate of drug-likeness (QED) is 0.850. The Labute approximate surface area is 117 Å². The maximum absolute atomic E-state index is 12.3. The second-order valence-electron chi connectivity index (χ2n) is 5.27. The largest absolute Gasteiger partial charge is 0.368 e. The standard InChI is InChI=1S/C13H19N5O2/c1-9(17-6-2-4-11(17)19)13(20)16-10-8-15-18-7-3-5-14-12(10)18/h8-9,14H,2-7H2,1H3,(H,16,20). The number of anilines is 2. The summed E-state index contributed by atoms with van der Waals surface area (Å²) >= 11 is 0. The summed E-state index contributed by atoms with van der Waals surface area (Å²) in [6.45, 7) is 4.17. The van der Waals surface area contributed by atoms with E-state index in [4.69, 9.17) is 0 Å². The van der Waals surface area contributed by atoms with Gasteiger partial charge in [-0.3, -0.25) is 9.59 Å². The molecule has 0 aliphatic carbocycles. The van der Waals surface area contributed by atoms with Crippen LogP contribution in [0.25, 0.3) is 0 Å². The third kappa shape index (κ3) is 2.23. The zero-order valence-electron chi connectivity index (χ0n) is 11.6. The molecule has 2 aliphatic rings. The number of nitrogens with one attached hydrogen (secondary N) is 2. The predicted octanol–water partition coefficient (Wildman–Crippen LogP) is 0.648. The molecule has 1 unspecified atom stereocenters. The molecule has 1 fully saturated rings. The van der Waals surface area contributed by atoms with E-state index in [1.807, 2.05) is 4.68 Å². The van der Waals surface area contributed by atoms with Gasteiger partial charge in [0.1, 0.15) is 17.5 Å². The first-order valence-electron chi connectivity index (χ1n) is 7.07. The minimum Gasteiger partial charge on any atom is -0.368 e. The highest BCUT2D eigenvalue weighted by molar-refractivity contribution is 5.99. The Balaban J connectivity index is 1.69. The molecule has 1 aromatic heterocycles. The SMILES string of the molecule is CC(C(=O)Nc1cnn2c1NCCC2)N1CCCC1=O. The smallest absolute Gasteiger partial charge is 0.247 e. The number of rotatable bonds is 3. The fraction of sp³-hybridized carbons (Fsp3) is 0.615. The number of carbonyl (C=O) groups is 2. The van der Waals surface area contributed by atoms with Gasteiger partial charge in [0, 0.05) is 26.1 Å². The summed E-state index contributed by atoms with van der Waals surface area (Å²) in [4.78, 5) is 25.6. The molecule has 108 valence electrons. The van der Waals surface area contributed by atoms with Gasteiger partial charge in [0.25, 0.3) is 0 Å². The number of likely N-dealkylation sites (tertiary alicyclic amines) is 1. The van der Waals surface area contributed by atoms with E-state index in [1.54, 1.807) is 18.0 Å². The summed E-state index contributed by atoms with van der Waals surface area (Å²) in [5.41, 5.74) is 0.688. The lowest BCUT2D eigenvalue weighted by atomic mass is 10.2. The highest BCUT2D eigenvalue weighted by atomic mass is 16.2. The molecule has 2 aliphatic heterocycles. The van der Waals surface area contributed by atoms with Crippen LogP contribution in [0.15, 0.2) is 6.20 Å². The van der Waals surface area contributed by atoms with Gasteiger partial charge in [0.05, 0.1) is 6.20 Å². The Morgan fingerprint density at radius 3 is 3.05 bits per heavy atom. The first-order chi connectivity index (χ1) is 9.66. The van der Waals surface area contributed by atoms with E-state index >= 15 is 0 Å². The topological polar surface area (TPSA) is 79.3 Å². The van der Waals surface area contributed by atoms with Gasteiger partial charge in [-0.25, -0.2) is 4.68 Å². The molecule has 1 atom stereocenters. The fourth-order valence-corrected chi connectivity index (χ4v) is 2.73. The van der Waals surface area contributed by atoms with Crippen LogP contribution in [0.2, 0.25) is 0 Å². The monoisotopic (exact) mass is 277 g/mol. The van der Waals surface area contributed by atoms with Crippen molar-refractivity contribution >= 4 is 23.3 Å². The Morgan fingerprint density at radius 1 is 1.45 bits per heavy atom. The highest BCUT2D eigenvalue weighted by Gasteiger charge is 2.30. The van der Waals surface area contributed by atoms with Crippen molar-refractivity contribution in [1.29, 1.82) is 0 Å². The Hall–Kier alpha value is -2.05. The van der Waals surface area contributed by atoms with Crippen molar-refractivity contribution in [3.05, 3.63) is 6.20 Å². The summed E-state index contributed by atoms with van der Waals surface area (Å²) in [5, 5.41) is 10.3. The number of hydrogen-bond donors (Lipinski definition) is 2. The number of fused-ring (bicyclic) bond motifs is 1. The summed E-state index contributed by atoms with van der Waals surface area (Å²) < 4.78 is 1.85. The maximum Gasteiger partial charge on any atom is 0.247 e. The summed E-state index contributed by atoms with van der Waals surface area (Å²) in [7, 11) is 0. The first kappa shape index (κ1) is 13.0. The van der Waals surface area contributed by atoms with Crippen molar-refractivity contribution < 1.29 is 9.59 Å². The van der Waals surface area contributed by atoms with Crippen molar-refractivity contribution in [2.45, 2.75) is 38.8 Å². The van der Waals surface area contributed by atoms with E-state index in [0.717, 1.165) is 31.7 Å². The van der Waals surface area contributed by atoms with Crippen LogP contribution in [0, 0.1) is 0 Å². The molecule has 7 nitrogen and oxygen atoms in total. The van der Waals surface area contributed by atoms with Gasteiger partial charge in [0.2, 0.25) is 11.8 Å². The van der Waals surface area contributed by atoms with Crippen molar-refractivity contribution in [3.8, 4) is 0 Å². The number of hydrogen-bond acceptors (Lipinski definition) is 4. The molecule has 0 aromatic carbocycles. The third-order valence-electron chi connectivity index (χ3n) is 3.89. The van der Waals surface area contributed by atoms with Crippen molar-refractivity contribution in [3.63, 3.8) is 0 Å². The minimum atomic E-state index is -0.441. The van der Waals surface area contributed by atoms with Crippen LogP contribution >= 0.6 is 0 Å². The molecule has 3 heterocycles. The van der Waals surface area contributed by atoms with Crippen LogP contribution in [0.3, 0.4) is 0 Å². The van der Waals surface area contributed by atoms with Gasteiger partial charge in [-0.15, -0.1) is 0 Å². The Bertz CT molecular complexity index is 539. The van der Waals surface area contributed by atoms with Gasteiger partial charge >= 0.3 is 0 Å². The van der Waals surface area contributed by atoms with E-state index in [1.165, 1.54) is 0 Å². The van der Waals surface area contributed by atoms with Crippen LogP contribution in [0.5, 0.6) is 0 Å². The zero-order valence-corrected chi connectivity index (χ0v) is 11.6. The zero-order chi connectivity index (χ0) is 14.1. The normalized spacial score (nSPS) is 19.4. The van der Waals surface area contributed by atoms with Crippen LogP contribution in [0.4, 0.5) is 11.5 Å². The molecule has 0 spiro atoms. The highest BCUT2D eigenvalue weighted by Crippen LogP contribution is 2.25. The Kier molecular flexibility index (Phi) is 3.33. The van der Waals surface area contributed by atoms with Gasteiger partial charge < -0.3 is 15.5 Å². The van der Waals surface area contributed by atoms with E-state index in [2.05, 4.69) is 15.7 Å². The van der Waals surface area contributed by atoms with Crippen LogP contribution < -0.4 is 10.6 Å². The molecule has 0 radical (unpaired) electrons. The second-order valence-corrected chi connectivity index (χ2v) is 5.27. The molecule has 0 bridgehead atoms. The summed E-state index contributed by atoms with van der Waals surface area (Å²) in [6.07, 6.45) is 4.06. The van der Waals surface area contributed by atoms with E-state index in [-0.39, 0.29) is 11.8 Å². The molecule has 7 heteroatoms. The van der Waals surface area contributed by atoms with Crippen molar-refractivity contribution in [2.24, 2.45) is 0 Å². The number of aryl methyl sites for hydroxylation is 1. The summed E-state index contributed by atoms with van der Waals surface area (Å²) in [5.74, 6) is 0.746. The second kappa shape index (κ2) is 5.15. The number of amides is 2. The molecule has 2 amide bonds. The lowest BCUT2D eigenvalue weighted by Crippen LogP contribution is -2.42. The number of nitrogens with zero attached hydrogens (tertiary/aromatic N) is 3. The number of carbonyl (C=O) groups excluding carboxylic acids is 2. The van der Waals surface area contributed by atoms with Crippen LogP contribution in [-0.4, -0.2) is 45.6 Å². The molecular formula is C13H19N5O2. The minimum absolute atomic E-state index is 0.0582. The van der Waals surface area contributed by atoms with Crippen LogP contribution in [-0.2, 0) is 16.1 Å². The third-order valence-corrected chi connectivity index (χ3v) is 3.89. The van der Waals surface area contributed by atoms with Crippen molar-refractivity contribution in [2.75, 3.05) is 23.7 Å². The van der Waals surface area contributed by atoms with Crippen molar-refractivity contribution in [1.82, 2.24) is 14.7 Å². The van der Waals surface area contributed by atoms with E-state index in [9.17, 15) is 9.59 Å². The number of aromatic nitrogens is 2. The van der Waals surface area contributed by atoms with Gasteiger partial charge in [-0.1, -0.05) is 0 Å². The van der Waals surface area contributed by atoms with E-state index < -0.39 is 6.04 Å². The Morgan fingerprint density at radius 2 is 2.30 bits per heavy atom. The summed E-state index contributed by atoms with van der Waals surface area (Å²) in [6, 6.07) is -0.441. The van der Waals surface area contributed by atoms with Crippen LogP contribution in [0.1, 0.15) is 26.2 Å². The lowest BCUT2D eigenvalue weighted by molar-refractivity contribution is -0.134.